The number of carboxylic acids is 1. The van der Waals surface area contributed by atoms with Crippen molar-refractivity contribution in [3.63, 3.8) is 0 Å². The van der Waals surface area contributed by atoms with Crippen LogP contribution in [-0.4, -0.2) is 27.5 Å². The van der Waals surface area contributed by atoms with Gasteiger partial charge in [-0.2, -0.15) is 0 Å². The van der Waals surface area contributed by atoms with E-state index < -0.39 is 30.4 Å². The first-order chi connectivity index (χ1) is 8.24. The number of pyridine rings is 1. The summed E-state index contributed by atoms with van der Waals surface area (Å²) in [5.41, 5.74) is 5.12. The minimum absolute atomic E-state index is 0.0250. The first kappa shape index (κ1) is 14.0. The number of nitrogens with two attached hydrogens (primary N) is 1. The van der Waals surface area contributed by atoms with Crippen LogP contribution in [-0.2, 0) is 17.8 Å². The fourth-order valence-electron chi connectivity index (χ4n) is 1.28. The van der Waals surface area contributed by atoms with Gasteiger partial charge in [-0.05, 0) is 5.56 Å². The fourth-order valence-corrected chi connectivity index (χ4v) is 1.28. The van der Waals surface area contributed by atoms with Crippen LogP contribution in [0.2, 0.25) is 0 Å². The molecule has 1 heterocycles. The molecule has 9 heteroatoms. The molecule has 1 aromatic heterocycles. The second kappa shape index (κ2) is 5.08. The van der Waals surface area contributed by atoms with Crippen LogP contribution in [0.15, 0.2) is 6.20 Å². The molecule has 0 radical (unpaired) electrons. The average molecular weight is 266 g/mol. The summed E-state index contributed by atoms with van der Waals surface area (Å²) in [6.07, 6.45) is -4.65. The lowest BCUT2D eigenvalue weighted by atomic mass is 10.1. The number of carboxylic acid groups (broad SMARTS) is 1. The van der Waals surface area contributed by atoms with Gasteiger partial charge in [-0.3, -0.25) is 4.79 Å². The lowest BCUT2D eigenvalue weighted by molar-refractivity contribution is -0.276. The van der Waals surface area contributed by atoms with Crippen LogP contribution in [0, 0.1) is 0 Å². The molecule has 0 atom stereocenters. The van der Waals surface area contributed by atoms with Gasteiger partial charge < -0.3 is 20.7 Å². The monoisotopic (exact) mass is 266 g/mol. The van der Waals surface area contributed by atoms with E-state index in [1.165, 1.54) is 0 Å². The van der Waals surface area contributed by atoms with Crippen molar-refractivity contribution in [1.82, 2.24) is 4.98 Å². The van der Waals surface area contributed by atoms with Crippen LogP contribution in [0.1, 0.15) is 11.1 Å². The standard InChI is InChI=1S/C9H9F3N2O4/c10-9(11,12)18-8-7(17)5(2-13)4(3-14-8)1-6(15)16/h3,17H,1-2,13H2,(H,15,16). The lowest BCUT2D eigenvalue weighted by Gasteiger charge is -2.13. The van der Waals surface area contributed by atoms with E-state index in [0.717, 1.165) is 6.20 Å². The number of hydrogen-bond donors (Lipinski definition) is 3. The SMILES string of the molecule is NCc1c(CC(=O)O)cnc(OC(F)(F)F)c1O. The highest BCUT2D eigenvalue weighted by molar-refractivity contribution is 5.71. The van der Waals surface area contributed by atoms with E-state index in [9.17, 15) is 23.1 Å². The largest absolute Gasteiger partial charge is 0.574 e. The number of ether oxygens (including phenoxy) is 1. The highest BCUT2D eigenvalue weighted by atomic mass is 19.4. The van der Waals surface area contributed by atoms with E-state index in [4.69, 9.17) is 10.8 Å². The van der Waals surface area contributed by atoms with Gasteiger partial charge in [0.05, 0.1) is 6.42 Å². The zero-order valence-electron chi connectivity index (χ0n) is 8.86. The molecule has 0 aliphatic carbocycles. The first-order valence-electron chi connectivity index (χ1n) is 4.62. The summed E-state index contributed by atoms with van der Waals surface area (Å²) in [6.45, 7) is -0.342. The molecule has 4 N–H and O–H groups in total. The van der Waals surface area contributed by atoms with Crippen molar-refractivity contribution in [3.8, 4) is 11.6 Å². The molecular formula is C9H9F3N2O4. The van der Waals surface area contributed by atoms with Crippen LogP contribution in [0.4, 0.5) is 13.2 Å². The van der Waals surface area contributed by atoms with Gasteiger partial charge in [0.1, 0.15) is 0 Å². The number of alkyl halides is 3. The number of carbonyl (C=O) groups is 1. The van der Waals surface area contributed by atoms with Crippen LogP contribution in [0.5, 0.6) is 11.6 Å². The zero-order valence-corrected chi connectivity index (χ0v) is 8.86. The Morgan fingerprint density at radius 3 is 2.56 bits per heavy atom. The Morgan fingerprint density at radius 1 is 1.50 bits per heavy atom. The van der Waals surface area contributed by atoms with Crippen molar-refractivity contribution in [2.24, 2.45) is 5.73 Å². The van der Waals surface area contributed by atoms with E-state index in [1.807, 2.05) is 0 Å². The normalized spacial score (nSPS) is 11.3. The molecule has 0 unspecified atom stereocenters. The van der Waals surface area contributed by atoms with Gasteiger partial charge >= 0.3 is 12.3 Å². The fraction of sp³-hybridized carbons (Fsp3) is 0.333. The van der Waals surface area contributed by atoms with E-state index in [-0.39, 0.29) is 17.7 Å². The number of aliphatic carboxylic acids is 1. The summed E-state index contributed by atoms with van der Waals surface area (Å²) in [7, 11) is 0. The molecule has 0 saturated carbocycles. The summed E-state index contributed by atoms with van der Waals surface area (Å²) in [6, 6.07) is 0. The summed E-state index contributed by atoms with van der Waals surface area (Å²) in [5, 5.41) is 18.1. The second-order valence-corrected chi connectivity index (χ2v) is 3.24. The second-order valence-electron chi connectivity index (χ2n) is 3.24. The van der Waals surface area contributed by atoms with Crippen LogP contribution >= 0.6 is 0 Å². The molecule has 0 aromatic carbocycles. The highest BCUT2D eigenvalue weighted by Crippen LogP contribution is 2.33. The Labute approximate surface area is 98.8 Å². The maximum absolute atomic E-state index is 12.0. The molecule has 18 heavy (non-hydrogen) atoms. The Kier molecular flexibility index (Phi) is 3.96. The van der Waals surface area contributed by atoms with Crippen molar-refractivity contribution in [2.45, 2.75) is 19.3 Å². The van der Waals surface area contributed by atoms with Gasteiger partial charge in [0.25, 0.3) is 5.88 Å². The third-order valence-electron chi connectivity index (χ3n) is 1.97. The molecule has 1 rings (SSSR count). The van der Waals surface area contributed by atoms with Gasteiger partial charge in [0.2, 0.25) is 0 Å². The molecule has 0 bridgehead atoms. The van der Waals surface area contributed by atoms with E-state index in [2.05, 4.69) is 9.72 Å². The topological polar surface area (TPSA) is 106 Å². The highest BCUT2D eigenvalue weighted by Gasteiger charge is 2.33. The summed E-state index contributed by atoms with van der Waals surface area (Å²) < 4.78 is 39.4. The van der Waals surface area contributed by atoms with Crippen molar-refractivity contribution < 1.29 is 32.9 Å². The molecule has 0 aliphatic heterocycles. The molecule has 0 spiro atoms. The molecule has 6 nitrogen and oxygen atoms in total. The summed E-state index contributed by atoms with van der Waals surface area (Å²) >= 11 is 0. The molecule has 0 fully saturated rings. The van der Waals surface area contributed by atoms with Crippen molar-refractivity contribution in [3.05, 3.63) is 17.3 Å². The molecule has 0 saturated heterocycles. The van der Waals surface area contributed by atoms with Gasteiger partial charge in [0, 0.05) is 18.3 Å². The third kappa shape index (κ3) is 3.48. The molecule has 0 aliphatic rings. The summed E-state index contributed by atoms with van der Waals surface area (Å²) in [5.74, 6) is -3.19. The number of aromatic hydroxyl groups is 1. The molecular weight excluding hydrogens is 257 g/mol. The van der Waals surface area contributed by atoms with Gasteiger partial charge in [-0.15, -0.1) is 13.2 Å². The Bertz CT molecular complexity index is 462. The maximum Gasteiger partial charge on any atom is 0.574 e. The molecule has 100 valence electrons. The number of aromatic nitrogens is 1. The zero-order chi connectivity index (χ0) is 13.9. The van der Waals surface area contributed by atoms with E-state index >= 15 is 0 Å². The number of hydrogen-bond acceptors (Lipinski definition) is 5. The number of halogens is 3. The van der Waals surface area contributed by atoms with Crippen molar-refractivity contribution >= 4 is 5.97 Å². The van der Waals surface area contributed by atoms with E-state index in [1.54, 1.807) is 0 Å². The van der Waals surface area contributed by atoms with Gasteiger partial charge in [-0.1, -0.05) is 0 Å². The van der Waals surface area contributed by atoms with Crippen LogP contribution in [0.25, 0.3) is 0 Å². The summed E-state index contributed by atoms with van der Waals surface area (Å²) in [4.78, 5) is 13.7. The minimum Gasteiger partial charge on any atom is -0.503 e. The van der Waals surface area contributed by atoms with Crippen LogP contribution in [0.3, 0.4) is 0 Å². The third-order valence-corrected chi connectivity index (χ3v) is 1.97. The smallest absolute Gasteiger partial charge is 0.503 e. The van der Waals surface area contributed by atoms with Gasteiger partial charge in [0.15, 0.2) is 5.75 Å². The molecule has 0 amide bonds. The maximum atomic E-state index is 12.0. The Balaban J connectivity index is 3.15. The quantitative estimate of drug-likeness (QED) is 0.743. The van der Waals surface area contributed by atoms with Gasteiger partial charge in [-0.25, -0.2) is 4.98 Å². The predicted molar refractivity (Wildman–Crippen MR) is 51.8 cm³/mol. The predicted octanol–water partition coefficient (Wildman–Crippen LogP) is 0.772. The number of rotatable bonds is 4. The Morgan fingerprint density at radius 2 is 2.11 bits per heavy atom. The minimum atomic E-state index is -5.01. The number of nitrogens with zero attached hydrogens (tertiary/aromatic N) is 1. The molecule has 1 aromatic rings. The first-order valence-corrected chi connectivity index (χ1v) is 4.62. The van der Waals surface area contributed by atoms with Crippen molar-refractivity contribution in [2.75, 3.05) is 0 Å². The lowest BCUT2D eigenvalue weighted by Crippen LogP contribution is -2.19. The van der Waals surface area contributed by atoms with E-state index in [0.29, 0.717) is 0 Å². The average Bonchev–Trinajstić information content (AvgIpc) is 2.20. The van der Waals surface area contributed by atoms with Crippen LogP contribution < -0.4 is 10.5 Å². The van der Waals surface area contributed by atoms with Crippen molar-refractivity contribution in [1.29, 1.82) is 0 Å². The Hall–Kier alpha value is -2.03.